The second-order valence-corrected chi connectivity index (χ2v) is 5.32. The molecule has 108 valence electrons. The van der Waals surface area contributed by atoms with Gasteiger partial charge in [-0.25, -0.2) is 0 Å². The number of hydrogen-bond donors (Lipinski definition) is 2. The monoisotopic (exact) mass is 304 g/mol. The second kappa shape index (κ2) is 5.55. The molecule has 3 aromatic rings. The maximum Gasteiger partial charge on any atom is 0.290 e. The van der Waals surface area contributed by atoms with E-state index in [0.717, 1.165) is 0 Å². The van der Waals surface area contributed by atoms with E-state index >= 15 is 0 Å². The first-order valence-corrected chi connectivity index (χ1v) is 7.07. The molecular formula is C14H12N2O4S. The van der Waals surface area contributed by atoms with Crippen molar-refractivity contribution in [2.24, 2.45) is 0 Å². The molecule has 0 fully saturated rings. The molecule has 1 amide bonds. The number of hydrogen-bond acceptors (Lipinski definition) is 6. The Hall–Kier alpha value is -2.38. The summed E-state index contributed by atoms with van der Waals surface area (Å²) in [5.41, 5.74) is -1.42. The van der Waals surface area contributed by atoms with Crippen LogP contribution in [0.15, 0.2) is 57.1 Å². The van der Waals surface area contributed by atoms with E-state index < -0.39 is 11.5 Å². The average Bonchev–Trinajstić information content (AvgIpc) is 3.27. The van der Waals surface area contributed by atoms with Crippen molar-refractivity contribution in [3.63, 3.8) is 0 Å². The molecule has 3 rings (SSSR count). The molecule has 0 saturated heterocycles. The lowest BCUT2D eigenvalue weighted by Gasteiger charge is -2.24. The molecule has 3 aromatic heterocycles. The number of carbonyl (C=O) groups excluding carboxylic acids is 1. The topological polar surface area (TPSA) is 88.5 Å². The minimum atomic E-state index is -1.42. The molecule has 0 aromatic carbocycles. The molecule has 0 bridgehead atoms. The van der Waals surface area contributed by atoms with Crippen LogP contribution in [-0.2, 0) is 5.60 Å². The highest BCUT2D eigenvalue weighted by molar-refractivity contribution is 7.10. The number of amides is 1. The van der Waals surface area contributed by atoms with Crippen LogP contribution in [0.2, 0.25) is 0 Å². The van der Waals surface area contributed by atoms with Crippen molar-refractivity contribution in [2.75, 3.05) is 6.54 Å². The Morgan fingerprint density at radius 3 is 2.90 bits per heavy atom. The zero-order valence-electron chi connectivity index (χ0n) is 10.9. The number of aliphatic hydroxyl groups is 1. The van der Waals surface area contributed by atoms with Gasteiger partial charge in [0, 0.05) is 10.9 Å². The zero-order chi connectivity index (χ0) is 14.7. The van der Waals surface area contributed by atoms with Crippen molar-refractivity contribution in [3.8, 4) is 0 Å². The summed E-state index contributed by atoms with van der Waals surface area (Å²) in [6, 6.07) is 8.42. The average molecular weight is 304 g/mol. The Labute approximate surface area is 124 Å². The first-order chi connectivity index (χ1) is 10.2. The summed E-state index contributed by atoms with van der Waals surface area (Å²) >= 11 is 1.38. The van der Waals surface area contributed by atoms with E-state index in [9.17, 15) is 9.90 Å². The van der Waals surface area contributed by atoms with E-state index in [2.05, 4.69) is 10.5 Å². The fraction of sp³-hybridized carbons (Fsp3) is 0.143. The molecule has 2 N–H and O–H groups in total. The summed E-state index contributed by atoms with van der Waals surface area (Å²) in [6.07, 6.45) is 2.86. The van der Waals surface area contributed by atoms with E-state index in [1.165, 1.54) is 29.9 Å². The molecule has 1 atom stereocenters. The first kappa shape index (κ1) is 13.6. The minimum absolute atomic E-state index is 0.0411. The van der Waals surface area contributed by atoms with Gasteiger partial charge in [0.2, 0.25) is 5.76 Å². The van der Waals surface area contributed by atoms with Crippen LogP contribution in [0.3, 0.4) is 0 Å². The Morgan fingerprint density at radius 2 is 2.29 bits per heavy atom. The molecule has 0 radical (unpaired) electrons. The van der Waals surface area contributed by atoms with Crippen molar-refractivity contribution >= 4 is 17.2 Å². The van der Waals surface area contributed by atoms with Crippen LogP contribution in [0.1, 0.15) is 21.2 Å². The highest BCUT2D eigenvalue weighted by Gasteiger charge is 2.36. The smallest absolute Gasteiger partial charge is 0.290 e. The highest BCUT2D eigenvalue weighted by Crippen LogP contribution is 2.32. The maximum atomic E-state index is 11.9. The molecule has 0 saturated carbocycles. The summed E-state index contributed by atoms with van der Waals surface area (Å²) in [4.78, 5) is 12.6. The second-order valence-electron chi connectivity index (χ2n) is 4.37. The number of rotatable bonds is 5. The van der Waals surface area contributed by atoms with Gasteiger partial charge in [0.05, 0.1) is 19.0 Å². The Morgan fingerprint density at radius 1 is 1.38 bits per heavy atom. The molecule has 21 heavy (non-hydrogen) atoms. The van der Waals surface area contributed by atoms with Gasteiger partial charge in [0.1, 0.15) is 5.76 Å². The predicted octanol–water partition coefficient (Wildman–Crippen LogP) is 1.99. The standard InChI is InChI=1S/C14H12N2O4S/c17-13(10-5-6-16-20-10)15-9-14(18,11-3-1-7-19-11)12-4-2-8-21-12/h1-8,18H,9H2,(H,15,17)/t14-/m0/s1. The summed E-state index contributed by atoms with van der Waals surface area (Å²) in [6.45, 7) is -0.0411. The lowest BCUT2D eigenvalue weighted by molar-refractivity contribution is 0.0544. The van der Waals surface area contributed by atoms with Gasteiger partial charge in [-0.05, 0) is 23.6 Å². The SMILES string of the molecule is O=C(NC[C@](O)(c1ccco1)c1cccs1)c1ccno1. The molecule has 0 aliphatic rings. The molecule has 6 nitrogen and oxygen atoms in total. The third-order valence-corrected chi connectivity index (χ3v) is 4.04. The van der Waals surface area contributed by atoms with Gasteiger partial charge in [-0.2, -0.15) is 0 Å². The Kier molecular flexibility index (Phi) is 3.59. The van der Waals surface area contributed by atoms with Crippen LogP contribution in [-0.4, -0.2) is 22.7 Å². The van der Waals surface area contributed by atoms with Gasteiger partial charge in [-0.1, -0.05) is 11.2 Å². The quantitative estimate of drug-likeness (QED) is 0.752. The Bertz CT molecular complexity index is 655. The van der Waals surface area contributed by atoms with Crippen molar-refractivity contribution < 1.29 is 18.8 Å². The van der Waals surface area contributed by atoms with Crippen molar-refractivity contribution in [1.82, 2.24) is 10.5 Å². The van der Waals surface area contributed by atoms with Crippen LogP contribution in [0.25, 0.3) is 0 Å². The highest BCUT2D eigenvalue weighted by atomic mass is 32.1. The molecular weight excluding hydrogens is 292 g/mol. The van der Waals surface area contributed by atoms with Crippen LogP contribution in [0.4, 0.5) is 0 Å². The van der Waals surface area contributed by atoms with E-state index in [1.54, 1.807) is 18.2 Å². The summed E-state index contributed by atoms with van der Waals surface area (Å²) in [5, 5.41) is 18.9. The van der Waals surface area contributed by atoms with Gasteiger partial charge in [0.15, 0.2) is 5.60 Å². The molecule has 0 aliphatic carbocycles. The van der Waals surface area contributed by atoms with E-state index in [4.69, 9.17) is 8.94 Å². The lowest BCUT2D eigenvalue weighted by Crippen LogP contribution is -2.40. The van der Waals surface area contributed by atoms with Crippen molar-refractivity contribution in [1.29, 1.82) is 0 Å². The Balaban J connectivity index is 1.83. The molecule has 7 heteroatoms. The molecule has 0 spiro atoms. The van der Waals surface area contributed by atoms with Crippen molar-refractivity contribution in [3.05, 3.63) is 64.6 Å². The maximum absolute atomic E-state index is 11.9. The van der Waals surface area contributed by atoms with Crippen LogP contribution in [0, 0.1) is 0 Å². The minimum Gasteiger partial charge on any atom is -0.466 e. The summed E-state index contributed by atoms with van der Waals surface area (Å²) in [5.74, 6) is -0.000156. The van der Waals surface area contributed by atoms with Gasteiger partial charge < -0.3 is 19.4 Å². The number of furan rings is 1. The van der Waals surface area contributed by atoms with E-state index in [-0.39, 0.29) is 12.3 Å². The van der Waals surface area contributed by atoms with Crippen LogP contribution < -0.4 is 5.32 Å². The fourth-order valence-electron chi connectivity index (χ4n) is 1.95. The largest absolute Gasteiger partial charge is 0.466 e. The van der Waals surface area contributed by atoms with Gasteiger partial charge in [-0.15, -0.1) is 11.3 Å². The van der Waals surface area contributed by atoms with Crippen LogP contribution in [0.5, 0.6) is 0 Å². The molecule has 3 heterocycles. The van der Waals surface area contributed by atoms with Gasteiger partial charge >= 0.3 is 0 Å². The number of thiophene rings is 1. The lowest BCUT2D eigenvalue weighted by atomic mass is 9.98. The summed E-state index contributed by atoms with van der Waals surface area (Å²) in [7, 11) is 0. The summed E-state index contributed by atoms with van der Waals surface area (Å²) < 4.78 is 10.1. The van der Waals surface area contributed by atoms with E-state index in [0.29, 0.717) is 10.6 Å². The van der Waals surface area contributed by atoms with Crippen molar-refractivity contribution in [2.45, 2.75) is 5.60 Å². The van der Waals surface area contributed by atoms with Gasteiger partial charge in [0.25, 0.3) is 5.91 Å². The molecule has 0 unspecified atom stereocenters. The number of aromatic nitrogens is 1. The third-order valence-electron chi connectivity index (χ3n) is 3.02. The van der Waals surface area contributed by atoms with Crippen LogP contribution >= 0.6 is 11.3 Å². The third kappa shape index (κ3) is 2.61. The number of carbonyl (C=O) groups is 1. The fourth-order valence-corrected chi connectivity index (χ4v) is 2.78. The predicted molar refractivity (Wildman–Crippen MR) is 74.9 cm³/mol. The van der Waals surface area contributed by atoms with Gasteiger partial charge in [-0.3, -0.25) is 4.79 Å². The number of nitrogens with zero attached hydrogens (tertiary/aromatic N) is 1. The first-order valence-electron chi connectivity index (χ1n) is 6.19. The normalized spacial score (nSPS) is 13.8. The number of nitrogens with one attached hydrogen (secondary N) is 1. The molecule has 0 aliphatic heterocycles. The van der Waals surface area contributed by atoms with E-state index in [1.807, 2.05) is 11.4 Å². The zero-order valence-corrected chi connectivity index (χ0v) is 11.7.